The van der Waals surface area contributed by atoms with Gasteiger partial charge in [-0.1, -0.05) is 18.2 Å². The number of methoxy groups -OCH3 is 2. The number of anilines is 1. The van der Waals surface area contributed by atoms with E-state index in [0.717, 1.165) is 29.9 Å². The molecule has 2 aromatic carbocycles. The van der Waals surface area contributed by atoms with Gasteiger partial charge >= 0.3 is 0 Å². The molecule has 7 heteroatoms. The number of hydrogen-bond donors (Lipinski definition) is 1. The van der Waals surface area contributed by atoms with Crippen molar-refractivity contribution in [1.82, 2.24) is 4.90 Å². The molecule has 1 N–H and O–H groups in total. The van der Waals surface area contributed by atoms with E-state index < -0.39 is 17.7 Å². The standard InChI is InChI=1S/C26H32N2O5/c1-6-27(7-2)20-11-9-19(10-12-20)24-23(17(3)29)25(30)26(31)28(24)15-14-18-8-13-21(32-4)22(16-18)33-5/h8-13,16,24,30H,6-7,14-15H2,1-5H3. The van der Waals surface area contributed by atoms with E-state index in [1.807, 2.05) is 42.5 Å². The van der Waals surface area contributed by atoms with Crippen LogP contribution in [0.3, 0.4) is 0 Å². The first-order chi connectivity index (χ1) is 15.9. The highest BCUT2D eigenvalue weighted by Gasteiger charge is 2.42. The van der Waals surface area contributed by atoms with Gasteiger partial charge < -0.3 is 24.4 Å². The molecule has 0 saturated carbocycles. The summed E-state index contributed by atoms with van der Waals surface area (Å²) in [5.74, 6) is -0.0713. The maximum atomic E-state index is 12.9. The lowest BCUT2D eigenvalue weighted by Crippen LogP contribution is -2.33. The van der Waals surface area contributed by atoms with Crippen molar-refractivity contribution in [3.8, 4) is 11.5 Å². The molecule has 0 fully saturated rings. The van der Waals surface area contributed by atoms with Crippen LogP contribution in [0.2, 0.25) is 0 Å². The van der Waals surface area contributed by atoms with Gasteiger partial charge in [0, 0.05) is 25.3 Å². The Morgan fingerprint density at radius 1 is 1.03 bits per heavy atom. The van der Waals surface area contributed by atoms with Crippen molar-refractivity contribution in [3.63, 3.8) is 0 Å². The molecule has 1 unspecified atom stereocenters. The van der Waals surface area contributed by atoms with E-state index in [-0.39, 0.29) is 11.4 Å². The summed E-state index contributed by atoms with van der Waals surface area (Å²) in [4.78, 5) is 29.1. The first-order valence-electron chi connectivity index (χ1n) is 11.2. The maximum Gasteiger partial charge on any atom is 0.290 e. The Morgan fingerprint density at radius 2 is 1.67 bits per heavy atom. The summed E-state index contributed by atoms with van der Waals surface area (Å²) in [5.41, 5.74) is 2.96. The third kappa shape index (κ3) is 4.82. The van der Waals surface area contributed by atoms with Crippen LogP contribution >= 0.6 is 0 Å². The molecule has 0 bridgehead atoms. The molecule has 1 amide bonds. The average Bonchev–Trinajstić information content (AvgIpc) is 3.08. The number of Topliss-reactive ketones (excluding diaryl/α,β-unsaturated/α-hetero) is 1. The van der Waals surface area contributed by atoms with Gasteiger partial charge in [-0.25, -0.2) is 0 Å². The number of carbonyl (C=O) groups is 2. The lowest BCUT2D eigenvalue weighted by Gasteiger charge is -2.28. The summed E-state index contributed by atoms with van der Waals surface area (Å²) in [6.45, 7) is 7.67. The molecule has 0 radical (unpaired) electrons. The molecule has 3 rings (SSSR count). The predicted molar refractivity (Wildman–Crippen MR) is 128 cm³/mol. The fourth-order valence-electron chi connectivity index (χ4n) is 4.33. The third-order valence-electron chi connectivity index (χ3n) is 6.11. The molecule has 7 nitrogen and oxygen atoms in total. The van der Waals surface area contributed by atoms with Crippen LogP contribution < -0.4 is 14.4 Å². The predicted octanol–water partition coefficient (Wildman–Crippen LogP) is 4.08. The van der Waals surface area contributed by atoms with Gasteiger partial charge in [-0.3, -0.25) is 9.59 Å². The van der Waals surface area contributed by atoms with Crippen LogP contribution in [0.4, 0.5) is 5.69 Å². The number of ketones is 1. The van der Waals surface area contributed by atoms with Crippen molar-refractivity contribution in [3.05, 3.63) is 64.9 Å². The molecule has 0 aromatic heterocycles. The van der Waals surface area contributed by atoms with Crippen LogP contribution in [0, 0.1) is 0 Å². The van der Waals surface area contributed by atoms with E-state index in [1.165, 1.54) is 6.92 Å². The number of nitrogens with zero attached hydrogens (tertiary/aromatic N) is 2. The number of rotatable bonds is 10. The Hall–Kier alpha value is -3.48. The van der Waals surface area contributed by atoms with Crippen LogP contribution in [0.25, 0.3) is 0 Å². The number of amides is 1. The fourth-order valence-corrected chi connectivity index (χ4v) is 4.33. The normalized spacial score (nSPS) is 15.7. The van der Waals surface area contributed by atoms with Crippen molar-refractivity contribution in [2.45, 2.75) is 33.2 Å². The van der Waals surface area contributed by atoms with Crippen molar-refractivity contribution < 1.29 is 24.2 Å². The molecule has 2 aromatic rings. The van der Waals surface area contributed by atoms with Gasteiger partial charge in [0.1, 0.15) is 0 Å². The maximum absolute atomic E-state index is 12.9. The summed E-state index contributed by atoms with van der Waals surface area (Å²) < 4.78 is 10.7. The molecule has 33 heavy (non-hydrogen) atoms. The highest BCUT2D eigenvalue weighted by molar-refractivity contribution is 6.08. The van der Waals surface area contributed by atoms with Crippen LogP contribution in [-0.2, 0) is 16.0 Å². The van der Waals surface area contributed by atoms with Crippen molar-refractivity contribution in [1.29, 1.82) is 0 Å². The molecular formula is C26H32N2O5. The van der Waals surface area contributed by atoms with Crippen molar-refractivity contribution in [2.24, 2.45) is 0 Å². The fraction of sp³-hybridized carbons (Fsp3) is 0.385. The van der Waals surface area contributed by atoms with Crippen molar-refractivity contribution >= 4 is 17.4 Å². The second kappa shape index (κ2) is 10.4. The second-order valence-electron chi connectivity index (χ2n) is 7.92. The zero-order valence-corrected chi connectivity index (χ0v) is 19.9. The third-order valence-corrected chi connectivity index (χ3v) is 6.11. The van der Waals surface area contributed by atoms with Gasteiger partial charge in [0.25, 0.3) is 5.91 Å². The Kier molecular flexibility index (Phi) is 7.63. The first-order valence-corrected chi connectivity index (χ1v) is 11.2. The van der Waals surface area contributed by atoms with Gasteiger partial charge in [0.2, 0.25) is 0 Å². The molecule has 1 atom stereocenters. The number of ether oxygens (including phenoxy) is 2. The lowest BCUT2D eigenvalue weighted by molar-refractivity contribution is -0.129. The van der Waals surface area contributed by atoms with E-state index in [0.29, 0.717) is 24.5 Å². The van der Waals surface area contributed by atoms with E-state index in [2.05, 4.69) is 18.7 Å². The van der Waals surface area contributed by atoms with Gasteiger partial charge in [-0.05, 0) is 62.6 Å². The molecule has 0 spiro atoms. The SMILES string of the molecule is CCN(CC)c1ccc(C2C(C(C)=O)=C(O)C(=O)N2CCc2ccc(OC)c(OC)c2)cc1. The monoisotopic (exact) mass is 452 g/mol. The van der Waals surface area contributed by atoms with Gasteiger partial charge in [0.05, 0.1) is 25.8 Å². The topological polar surface area (TPSA) is 79.3 Å². The van der Waals surface area contributed by atoms with Crippen LogP contribution in [0.1, 0.15) is 37.9 Å². The summed E-state index contributed by atoms with van der Waals surface area (Å²) in [7, 11) is 3.15. The summed E-state index contributed by atoms with van der Waals surface area (Å²) in [5, 5.41) is 10.5. The van der Waals surface area contributed by atoms with Gasteiger partial charge in [-0.2, -0.15) is 0 Å². The zero-order chi connectivity index (χ0) is 24.1. The van der Waals surface area contributed by atoms with Gasteiger partial charge in [0.15, 0.2) is 23.0 Å². The summed E-state index contributed by atoms with van der Waals surface area (Å²) in [6, 6.07) is 12.8. The van der Waals surface area contributed by atoms with Crippen molar-refractivity contribution in [2.75, 3.05) is 38.8 Å². The Bertz CT molecular complexity index is 1040. The number of aliphatic hydroxyl groups is 1. The van der Waals surface area contributed by atoms with E-state index in [4.69, 9.17) is 9.47 Å². The van der Waals surface area contributed by atoms with Crippen LogP contribution in [-0.4, -0.2) is 55.6 Å². The summed E-state index contributed by atoms with van der Waals surface area (Å²) >= 11 is 0. The molecule has 1 heterocycles. The number of carbonyl (C=O) groups excluding carboxylic acids is 2. The summed E-state index contributed by atoms with van der Waals surface area (Å²) in [6.07, 6.45) is 0.526. The van der Waals surface area contributed by atoms with E-state index >= 15 is 0 Å². The van der Waals surface area contributed by atoms with Crippen LogP contribution in [0.5, 0.6) is 11.5 Å². The molecular weight excluding hydrogens is 420 g/mol. The minimum Gasteiger partial charge on any atom is -0.503 e. The Balaban J connectivity index is 1.90. The number of hydrogen-bond acceptors (Lipinski definition) is 6. The highest BCUT2D eigenvalue weighted by Crippen LogP contribution is 2.38. The zero-order valence-electron chi connectivity index (χ0n) is 19.9. The average molecular weight is 453 g/mol. The molecule has 0 aliphatic carbocycles. The van der Waals surface area contributed by atoms with E-state index in [1.54, 1.807) is 19.1 Å². The lowest BCUT2D eigenvalue weighted by atomic mass is 9.96. The van der Waals surface area contributed by atoms with Gasteiger partial charge in [-0.15, -0.1) is 0 Å². The Labute approximate surface area is 195 Å². The largest absolute Gasteiger partial charge is 0.503 e. The van der Waals surface area contributed by atoms with E-state index in [9.17, 15) is 14.7 Å². The second-order valence-corrected chi connectivity index (χ2v) is 7.92. The molecule has 0 saturated heterocycles. The minimum absolute atomic E-state index is 0.142. The quantitative estimate of drug-likeness (QED) is 0.585. The molecule has 1 aliphatic heterocycles. The number of aliphatic hydroxyl groups excluding tert-OH is 1. The Morgan fingerprint density at radius 3 is 2.21 bits per heavy atom. The molecule has 1 aliphatic rings. The highest BCUT2D eigenvalue weighted by atomic mass is 16.5. The molecule has 176 valence electrons. The first kappa shape index (κ1) is 24.2. The minimum atomic E-state index is -0.624. The number of benzene rings is 2. The van der Waals surface area contributed by atoms with Crippen LogP contribution in [0.15, 0.2) is 53.8 Å². The smallest absolute Gasteiger partial charge is 0.290 e.